The lowest BCUT2D eigenvalue weighted by molar-refractivity contribution is -0.0306. The highest BCUT2D eigenvalue weighted by Gasteiger charge is 2.34. The zero-order chi connectivity index (χ0) is 14.8. The number of nitrogens with zero attached hydrogens (tertiary/aromatic N) is 2. The van der Waals surface area contributed by atoms with Crippen LogP contribution in [0.15, 0.2) is 22.7 Å². The summed E-state index contributed by atoms with van der Waals surface area (Å²) in [5.74, 6) is 0.939. The normalized spacial score (nSPS) is 11.8. The second kappa shape index (κ2) is 6.09. The van der Waals surface area contributed by atoms with Crippen LogP contribution in [0, 0.1) is 3.57 Å². The Kier molecular flexibility index (Phi) is 4.64. The lowest BCUT2D eigenvalue weighted by atomic mass is 9.96. The summed E-state index contributed by atoms with van der Waals surface area (Å²) in [7, 11) is 1.64. The molecule has 1 N–H and O–H groups in total. The first-order valence-electron chi connectivity index (χ1n) is 6.44. The van der Waals surface area contributed by atoms with Gasteiger partial charge in [-0.25, -0.2) is 0 Å². The number of aromatic nitrogens is 2. The number of halogens is 1. The highest BCUT2D eigenvalue weighted by Crippen LogP contribution is 2.34. The number of hydrogen-bond donors (Lipinski definition) is 1. The molecule has 20 heavy (non-hydrogen) atoms. The fraction of sp³-hybridized carbons (Fsp3) is 0.429. The molecule has 0 bridgehead atoms. The summed E-state index contributed by atoms with van der Waals surface area (Å²) in [5, 5.41) is 13.9. The van der Waals surface area contributed by atoms with Gasteiger partial charge in [-0.2, -0.15) is 4.98 Å². The summed E-state index contributed by atoms with van der Waals surface area (Å²) in [5.41, 5.74) is -0.00730. The van der Waals surface area contributed by atoms with Crippen molar-refractivity contribution in [3.8, 4) is 17.2 Å². The van der Waals surface area contributed by atoms with E-state index in [9.17, 15) is 5.11 Å². The molecule has 0 unspecified atom stereocenters. The van der Waals surface area contributed by atoms with Gasteiger partial charge in [-0.05, 0) is 53.6 Å². The third-order valence-corrected chi connectivity index (χ3v) is 4.23. The van der Waals surface area contributed by atoms with E-state index in [0.717, 1.165) is 16.4 Å². The number of phenols is 1. The monoisotopic (exact) mass is 388 g/mol. The standard InChI is InChI=1S/C14H17IN2O3/c1-4-14(5-2,19-3)13-16-12(20-17-13)10-8-9(15)6-7-11(10)18/h6-8,18H,4-5H2,1-3H3. The zero-order valence-corrected chi connectivity index (χ0v) is 13.8. The minimum absolute atomic E-state index is 0.122. The molecule has 1 aromatic carbocycles. The summed E-state index contributed by atoms with van der Waals surface area (Å²) >= 11 is 2.17. The van der Waals surface area contributed by atoms with E-state index >= 15 is 0 Å². The number of ether oxygens (including phenoxy) is 1. The number of aromatic hydroxyl groups is 1. The largest absolute Gasteiger partial charge is 0.507 e. The molecule has 0 radical (unpaired) electrons. The highest BCUT2D eigenvalue weighted by atomic mass is 127. The van der Waals surface area contributed by atoms with Gasteiger partial charge in [0.05, 0.1) is 5.56 Å². The first-order chi connectivity index (χ1) is 9.56. The predicted octanol–water partition coefficient (Wildman–Crippen LogP) is 3.71. The molecule has 0 saturated carbocycles. The average molecular weight is 388 g/mol. The highest BCUT2D eigenvalue weighted by molar-refractivity contribution is 14.1. The van der Waals surface area contributed by atoms with E-state index in [-0.39, 0.29) is 5.75 Å². The van der Waals surface area contributed by atoms with E-state index in [1.165, 1.54) is 0 Å². The molecule has 2 aromatic rings. The minimum atomic E-state index is -0.542. The van der Waals surface area contributed by atoms with Crippen molar-refractivity contribution < 1.29 is 14.4 Å². The van der Waals surface area contributed by atoms with Gasteiger partial charge in [-0.3, -0.25) is 0 Å². The maximum atomic E-state index is 9.91. The molecule has 0 aliphatic rings. The Bertz CT molecular complexity index is 586. The van der Waals surface area contributed by atoms with Crippen molar-refractivity contribution in [1.82, 2.24) is 10.1 Å². The van der Waals surface area contributed by atoms with Crippen LogP contribution in [0.1, 0.15) is 32.5 Å². The Labute approximate surface area is 131 Å². The molecule has 2 rings (SSSR count). The van der Waals surface area contributed by atoms with Crippen LogP contribution in [-0.2, 0) is 10.3 Å². The van der Waals surface area contributed by atoms with E-state index in [1.807, 2.05) is 19.9 Å². The van der Waals surface area contributed by atoms with Gasteiger partial charge >= 0.3 is 0 Å². The van der Waals surface area contributed by atoms with Crippen LogP contribution in [0.4, 0.5) is 0 Å². The van der Waals surface area contributed by atoms with E-state index in [2.05, 4.69) is 32.7 Å². The zero-order valence-electron chi connectivity index (χ0n) is 11.7. The summed E-state index contributed by atoms with van der Waals surface area (Å²) in [4.78, 5) is 4.40. The maximum absolute atomic E-state index is 9.91. The summed E-state index contributed by atoms with van der Waals surface area (Å²) in [6.45, 7) is 4.04. The Morgan fingerprint density at radius 1 is 1.35 bits per heavy atom. The smallest absolute Gasteiger partial charge is 0.261 e. The third kappa shape index (κ3) is 2.67. The van der Waals surface area contributed by atoms with Gasteiger partial charge in [0.15, 0.2) is 0 Å². The van der Waals surface area contributed by atoms with Crippen molar-refractivity contribution in [2.24, 2.45) is 0 Å². The van der Waals surface area contributed by atoms with E-state index < -0.39 is 5.60 Å². The van der Waals surface area contributed by atoms with E-state index in [1.54, 1.807) is 19.2 Å². The molecule has 6 heteroatoms. The lowest BCUT2D eigenvalue weighted by Crippen LogP contribution is -2.28. The maximum Gasteiger partial charge on any atom is 0.261 e. The fourth-order valence-electron chi connectivity index (χ4n) is 2.14. The Hall–Kier alpha value is -1.15. The molecule has 1 aromatic heterocycles. The van der Waals surface area contributed by atoms with Crippen LogP contribution < -0.4 is 0 Å². The third-order valence-electron chi connectivity index (χ3n) is 3.56. The summed E-state index contributed by atoms with van der Waals surface area (Å²) < 4.78 is 11.9. The number of hydrogen-bond acceptors (Lipinski definition) is 5. The first-order valence-corrected chi connectivity index (χ1v) is 7.52. The van der Waals surface area contributed by atoms with Crippen LogP contribution in [0.25, 0.3) is 11.5 Å². The van der Waals surface area contributed by atoms with Crippen LogP contribution in [0.3, 0.4) is 0 Å². The summed E-state index contributed by atoms with van der Waals surface area (Å²) in [6.07, 6.45) is 1.49. The predicted molar refractivity (Wildman–Crippen MR) is 83.4 cm³/mol. The van der Waals surface area contributed by atoms with Crippen LogP contribution in [0.5, 0.6) is 5.75 Å². The van der Waals surface area contributed by atoms with Crippen molar-refractivity contribution >= 4 is 22.6 Å². The molecule has 108 valence electrons. The van der Waals surface area contributed by atoms with Crippen LogP contribution in [0.2, 0.25) is 0 Å². The molecule has 5 nitrogen and oxygen atoms in total. The van der Waals surface area contributed by atoms with Crippen molar-refractivity contribution in [3.63, 3.8) is 0 Å². The second-order valence-electron chi connectivity index (χ2n) is 4.49. The van der Waals surface area contributed by atoms with Gasteiger partial charge < -0.3 is 14.4 Å². The first kappa shape index (κ1) is 15.2. The lowest BCUT2D eigenvalue weighted by Gasteiger charge is -2.25. The van der Waals surface area contributed by atoms with Gasteiger partial charge in [0, 0.05) is 10.7 Å². The topological polar surface area (TPSA) is 68.4 Å². The Balaban J connectivity index is 2.45. The van der Waals surface area contributed by atoms with E-state index in [4.69, 9.17) is 9.26 Å². The summed E-state index contributed by atoms with van der Waals surface area (Å²) in [6, 6.07) is 5.23. The molecule has 0 saturated heterocycles. The molecular formula is C14H17IN2O3. The Morgan fingerprint density at radius 3 is 2.65 bits per heavy atom. The number of methoxy groups -OCH3 is 1. The van der Waals surface area contributed by atoms with Crippen molar-refractivity contribution in [2.45, 2.75) is 32.3 Å². The minimum Gasteiger partial charge on any atom is -0.507 e. The van der Waals surface area contributed by atoms with Gasteiger partial charge in [0.2, 0.25) is 5.82 Å². The second-order valence-corrected chi connectivity index (χ2v) is 5.74. The molecule has 0 fully saturated rings. The van der Waals surface area contributed by atoms with Crippen LogP contribution >= 0.6 is 22.6 Å². The number of phenolic OH excluding ortho intramolecular Hbond substituents is 1. The van der Waals surface area contributed by atoms with Crippen LogP contribution in [-0.4, -0.2) is 22.4 Å². The van der Waals surface area contributed by atoms with Crippen molar-refractivity contribution in [1.29, 1.82) is 0 Å². The molecular weight excluding hydrogens is 371 g/mol. The van der Waals surface area contributed by atoms with Crippen molar-refractivity contribution in [2.75, 3.05) is 7.11 Å². The Morgan fingerprint density at radius 2 is 2.05 bits per heavy atom. The van der Waals surface area contributed by atoms with Gasteiger partial charge in [0.25, 0.3) is 5.89 Å². The molecule has 0 spiro atoms. The fourth-order valence-corrected chi connectivity index (χ4v) is 2.63. The molecule has 0 aliphatic heterocycles. The van der Waals surface area contributed by atoms with Gasteiger partial charge in [-0.15, -0.1) is 0 Å². The molecule has 0 atom stereocenters. The average Bonchev–Trinajstić information content (AvgIpc) is 2.94. The quantitative estimate of drug-likeness (QED) is 0.791. The van der Waals surface area contributed by atoms with Crippen molar-refractivity contribution in [3.05, 3.63) is 27.6 Å². The van der Waals surface area contributed by atoms with Gasteiger partial charge in [-0.1, -0.05) is 19.0 Å². The van der Waals surface area contributed by atoms with Gasteiger partial charge in [0.1, 0.15) is 11.4 Å². The van der Waals surface area contributed by atoms with E-state index in [0.29, 0.717) is 17.3 Å². The molecule has 1 heterocycles. The number of rotatable bonds is 5. The number of benzene rings is 1. The molecule has 0 aliphatic carbocycles. The molecule has 0 amide bonds. The SMILES string of the molecule is CCC(CC)(OC)c1noc(-c2cc(I)ccc2O)n1.